The smallest absolute Gasteiger partial charge is 0.239 e. The van der Waals surface area contributed by atoms with E-state index < -0.39 is 34.1 Å². The topological polar surface area (TPSA) is 117 Å². The summed E-state index contributed by atoms with van der Waals surface area (Å²) in [4.78, 5) is 13.7. The summed E-state index contributed by atoms with van der Waals surface area (Å²) in [5.41, 5.74) is 3.18. The molecule has 0 bridgehead atoms. The molecule has 1 aliphatic carbocycles. The molecule has 9 nitrogen and oxygen atoms in total. The molecule has 1 aliphatic heterocycles. The van der Waals surface area contributed by atoms with Gasteiger partial charge < -0.3 is 25.2 Å². The van der Waals surface area contributed by atoms with Crippen molar-refractivity contribution in [3.63, 3.8) is 0 Å². The Hall–Kier alpha value is -2.76. The highest BCUT2D eigenvalue weighted by Gasteiger charge is 2.36. The van der Waals surface area contributed by atoms with Crippen molar-refractivity contribution < 1.29 is 27.8 Å². The number of likely N-dealkylation sites (N-methyl/N-ethyl adjacent to an activating group) is 1. The summed E-state index contributed by atoms with van der Waals surface area (Å²) < 4.78 is 39.3. The number of carbonyl (C=O) groups excluding carboxylic acids is 1. The highest BCUT2D eigenvalue weighted by atomic mass is 32.2. The number of sulfonamides is 1. The Morgan fingerprint density at radius 1 is 1.12 bits per heavy atom. The van der Waals surface area contributed by atoms with Gasteiger partial charge in [0.25, 0.3) is 0 Å². The molecule has 3 N–H and O–H groups in total. The van der Waals surface area contributed by atoms with Crippen molar-refractivity contribution in [2.24, 2.45) is 0 Å². The molecule has 42 heavy (non-hydrogen) atoms. The van der Waals surface area contributed by atoms with Gasteiger partial charge in [0.15, 0.2) is 0 Å². The second-order valence-electron chi connectivity index (χ2n) is 11.2. The Labute approximate surface area is 250 Å². The fourth-order valence-electron chi connectivity index (χ4n) is 5.69. The maximum Gasteiger partial charge on any atom is 0.239 e. The Morgan fingerprint density at radius 2 is 1.90 bits per heavy atom. The molecule has 2 aromatic rings. The number of unbranched alkanes of at least 4 members (excludes halogenated alkanes) is 2. The van der Waals surface area contributed by atoms with Crippen molar-refractivity contribution in [2.45, 2.75) is 75.8 Å². The van der Waals surface area contributed by atoms with Crippen LogP contribution < -0.4 is 15.4 Å². The summed E-state index contributed by atoms with van der Waals surface area (Å²) in [6.07, 6.45) is 6.09. The van der Waals surface area contributed by atoms with Crippen LogP contribution in [0.5, 0.6) is 5.75 Å². The van der Waals surface area contributed by atoms with E-state index in [0.29, 0.717) is 25.9 Å². The van der Waals surface area contributed by atoms with Gasteiger partial charge in [-0.2, -0.15) is 4.31 Å². The van der Waals surface area contributed by atoms with Gasteiger partial charge in [0.2, 0.25) is 15.9 Å². The first-order valence-corrected chi connectivity index (χ1v) is 16.5. The van der Waals surface area contributed by atoms with Gasteiger partial charge in [0.05, 0.1) is 43.8 Å². The number of carbonyl (C=O) groups is 1. The standard InChI is InChI=1S/C32H45N3O6S/c1-4-5-11-18-42(38,39)35(2)28-14-9-10-17-41-30-20-24-15-16-25(40-3)21-26(24)31(30)33-22-29(36)27(34-32(28)37)19-23-12-7-6-8-13-23/h6-10,12-13,15-16,21,27-31,33,36H,4-5,11,14,17-20,22H2,1-3H3,(H,34,37)/b10-9+/t27-,28-,29+,30-,31+/m0/s1. The van der Waals surface area contributed by atoms with E-state index in [0.717, 1.165) is 35.3 Å². The summed E-state index contributed by atoms with van der Waals surface area (Å²) in [6, 6.07) is 13.9. The Bertz CT molecular complexity index is 1300. The molecule has 10 heteroatoms. The molecule has 2 aromatic carbocycles. The number of aliphatic hydroxyl groups is 1. The first kappa shape index (κ1) is 32.2. The zero-order valence-corrected chi connectivity index (χ0v) is 25.7. The number of β-amino-alcohol motifs (C(OH)–C–C–N with tert-alkyl or cyclic N) is 1. The normalized spacial score (nSPS) is 26.1. The van der Waals surface area contributed by atoms with Crippen LogP contribution in [-0.4, -0.2) is 81.1 Å². The predicted molar refractivity (Wildman–Crippen MR) is 164 cm³/mol. The molecule has 0 spiro atoms. The van der Waals surface area contributed by atoms with Crippen molar-refractivity contribution in [1.29, 1.82) is 0 Å². The Balaban J connectivity index is 1.62. The number of aliphatic hydroxyl groups excluding tert-OH is 1. The molecule has 0 aromatic heterocycles. The van der Waals surface area contributed by atoms with Crippen LogP contribution in [0.1, 0.15) is 55.3 Å². The number of fused-ring (bicyclic) bond motifs is 3. The SMILES string of the molecule is CCCCCS(=O)(=O)N(C)[C@H]1C/C=C/CO[C@H]2Cc3ccc(OC)cc3[C@H]2NC[C@@H](O)[C@H](Cc2ccccc2)NC1=O. The van der Waals surface area contributed by atoms with Crippen LogP contribution in [0.4, 0.5) is 0 Å². The zero-order valence-electron chi connectivity index (χ0n) is 24.9. The number of hydrogen-bond donors (Lipinski definition) is 3. The van der Waals surface area contributed by atoms with Crippen LogP contribution in [-0.2, 0) is 32.4 Å². The molecule has 0 saturated carbocycles. The van der Waals surface area contributed by atoms with Gasteiger partial charge in [0, 0.05) is 20.0 Å². The number of methoxy groups -OCH3 is 1. The lowest BCUT2D eigenvalue weighted by molar-refractivity contribution is -0.126. The van der Waals surface area contributed by atoms with Crippen LogP contribution in [0.3, 0.4) is 0 Å². The first-order valence-electron chi connectivity index (χ1n) is 14.9. The third-order valence-corrected chi connectivity index (χ3v) is 10.2. The van der Waals surface area contributed by atoms with Gasteiger partial charge in [-0.3, -0.25) is 4.79 Å². The number of hydrogen-bond acceptors (Lipinski definition) is 7. The molecule has 5 atom stereocenters. The van der Waals surface area contributed by atoms with Crippen molar-refractivity contribution in [1.82, 2.24) is 14.9 Å². The number of nitrogens with one attached hydrogen (secondary N) is 2. The minimum absolute atomic E-state index is 0.0116. The second kappa shape index (κ2) is 15.1. The maximum absolute atomic E-state index is 13.7. The van der Waals surface area contributed by atoms with E-state index in [1.807, 2.05) is 67.6 Å². The van der Waals surface area contributed by atoms with E-state index in [9.17, 15) is 18.3 Å². The summed E-state index contributed by atoms with van der Waals surface area (Å²) in [5.74, 6) is 0.306. The second-order valence-corrected chi connectivity index (χ2v) is 13.3. The van der Waals surface area contributed by atoms with E-state index in [1.54, 1.807) is 7.11 Å². The fraction of sp³-hybridized carbons (Fsp3) is 0.531. The molecular weight excluding hydrogens is 554 g/mol. The summed E-state index contributed by atoms with van der Waals surface area (Å²) >= 11 is 0. The monoisotopic (exact) mass is 599 g/mol. The molecule has 2 aliphatic rings. The third kappa shape index (κ3) is 8.20. The molecule has 1 amide bonds. The highest BCUT2D eigenvalue weighted by molar-refractivity contribution is 7.89. The van der Waals surface area contributed by atoms with Crippen LogP contribution in [0, 0.1) is 0 Å². The molecule has 0 radical (unpaired) electrons. The first-order chi connectivity index (χ1) is 20.2. The average Bonchev–Trinajstić information content (AvgIpc) is 3.33. The van der Waals surface area contributed by atoms with Gasteiger partial charge in [0.1, 0.15) is 11.8 Å². The van der Waals surface area contributed by atoms with E-state index in [-0.39, 0.29) is 30.9 Å². The number of ether oxygens (including phenoxy) is 2. The lowest BCUT2D eigenvalue weighted by Gasteiger charge is -2.31. The Morgan fingerprint density at radius 3 is 2.64 bits per heavy atom. The molecule has 0 unspecified atom stereocenters. The fourth-order valence-corrected chi connectivity index (χ4v) is 7.12. The minimum atomic E-state index is -3.66. The van der Waals surface area contributed by atoms with E-state index in [4.69, 9.17) is 9.47 Å². The van der Waals surface area contributed by atoms with Gasteiger partial charge in [-0.1, -0.05) is 68.3 Å². The number of amides is 1. The van der Waals surface area contributed by atoms with E-state index >= 15 is 0 Å². The quantitative estimate of drug-likeness (QED) is 0.300. The average molecular weight is 600 g/mol. The summed E-state index contributed by atoms with van der Waals surface area (Å²) in [6.45, 7) is 2.53. The van der Waals surface area contributed by atoms with Crippen LogP contribution in [0.25, 0.3) is 0 Å². The van der Waals surface area contributed by atoms with Crippen LogP contribution in [0.15, 0.2) is 60.7 Å². The van der Waals surface area contributed by atoms with Crippen molar-refractivity contribution in [3.05, 3.63) is 77.4 Å². The van der Waals surface area contributed by atoms with Crippen molar-refractivity contribution >= 4 is 15.9 Å². The molecule has 230 valence electrons. The lowest BCUT2D eigenvalue weighted by Crippen LogP contribution is -2.55. The number of rotatable bonds is 9. The molecule has 0 fully saturated rings. The van der Waals surface area contributed by atoms with E-state index in [2.05, 4.69) is 10.6 Å². The molecule has 0 saturated heterocycles. The largest absolute Gasteiger partial charge is 0.497 e. The van der Waals surface area contributed by atoms with Gasteiger partial charge in [-0.05, 0) is 48.1 Å². The van der Waals surface area contributed by atoms with Gasteiger partial charge >= 0.3 is 0 Å². The highest BCUT2D eigenvalue weighted by Crippen LogP contribution is 2.36. The predicted octanol–water partition coefficient (Wildman–Crippen LogP) is 3.14. The number of nitrogens with zero attached hydrogens (tertiary/aromatic N) is 1. The molecule has 1 heterocycles. The van der Waals surface area contributed by atoms with Crippen LogP contribution in [0.2, 0.25) is 0 Å². The molecular formula is C32H45N3O6S. The maximum atomic E-state index is 13.7. The molecule has 4 rings (SSSR count). The summed E-state index contributed by atoms with van der Waals surface area (Å²) in [7, 11) is -0.552. The van der Waals surface area contributed by atoms with Crippen molar-refractivity contribution in [3.8, 4) is 5.75 Å². The lowest BCUT2D eigenvalue weighted by atomic mass is 9.99. The van der Waals surface area contributed by atoms with Crippen molar-refractivity contribution in [2.75, 3.05) is 33.1 Å². The number of benzene rings is 2. The zero-order chi connectivity index (χ0) is 30.1. The summed E-state index contributed by atoms with van der Waals surface area (Å²) in [5, 5.41) is 18.0. The third-order valence-electron chi connectivity index (χ3n) is 8.24. The van der Waals surface area contributed by atoms with Gasteiger partial charge in [-0.15, -0.1) is 0 Å². The van der Waals surface area contributed by atoms with E-state index in [1.165, 1.54) is 11.4 Å². The van der Waals surface area contributed by atoms with Crippen LogP contribution >= 0.6 is 0 Å². The Kier molecular flexibility index (Phi) is 11.6. The van der Waals surface area contributed by atoms with Gasteiger partial charge in [-0.25, -0.2) is 8.42 Å². The minimum Gasteiger partial charge on any atom is -0.497 e.